The molecule has 3 aromatic rings. The molecule has 1 N–H and O–H groups in total. The number of nitro groups is 1. The highest BCUT2D eigenvalue weighted by Crippen LogP contribution is 2.32. The maximum atomic E-state index is 12.4. The molecule has 1 heterocycles. The number of carbonyl (C=O) groups excluding carboxylic acids is 1. The molecule has 0 saturated carbocycles. The summed E-state index contributed by atoms with van der Waals surface area (Å²) in [4.78, 5) is 27.3. The smallest absolute Gasteiger partial charge is 0.271 e. The Hall–Kier alpha value is -2.42. The molecule has 0 aliphatic carbocycles. The Balaban J connectivity index is 1.67. The molecule has 138 valence electrons. The van der Waals surface area contributed by atoms with E-state index in [4.69, 9.17) is 11.6 Å². The molecule has 27 heavy (non-hydrogen) atoms. The van der Waals surface area contributed by atoms with E-state index in [0.717, 1.165) is 15.6 Å². The summed E-state index contributed by atoms with van der Waals surface area (Å²) >= 11 is 8.81. The van der Waals surface area contributed by atoms with Gasteiger partial charge in [-0.25, -0.2) is 4.98 Å². The molecule has 0 aliphatic heterocycles. The molecule has 3 rings (SSSR count). The van der Waals surface area contributed by atoms with Crippen LogP contribution in [-0.2, 0) is 4.79 Å². The van der Waals surface area contributed by atoms with Crippen molar-refractivity contribution in [3.8, 4) is 11.3 Å². The summed E-state index contributed by atoms with van der Waals surface area (Å²) in [5.41, 5.74) is 1.95. The van der Waals surface area contributed by atoms with Crippen molar-refractivity contribution in [2.75, 3.05) is 5.32 Å². The number of amides is 1. The molecule has 6 nitrogen and oxygen atoms in total. The Labute approximate surface area is 168 Å². The average Bonchev–Trinajstić information content (AvgIpc) is 3.12. The first kappa shape index (κ1) is 19.3. The Morgan fingerprint density at radius 2 is 2.04 bits per heavy atom. The number of hydrogen-bond donors (Lipinski definition) is 1. The number of aromatic nitrogens is 1. The van der Waals surface area contributed by atoms with Crippen molar-refractivity contribution in [2.45, 2.75) is 16.5 Å². The Morgan fingerprint density at radius 3 is 2.74 bits per heavy atom. The van der Waals surface area contributed by atoms with Gasteiger partial charge >= 0.3 is 0 Å². The van der Waals surface area contributed by atoms with Gasteiger partial charge in [-0.2, -0.15) is 0 Å². The van der Waals surface area contributed by atoms with Gasteiger partial charge < -0.3 is 5.32 Å². The topological polar surface area (TPSA) is 85.1 Å². The van der Waals surface area contributed by atoms with Gasteiger partial charge in [-0.15, -0.1) is 11.3 Å². The van der Waals surface area contributed by atoms with Crippen molar-refractivity contribution in [1.29, 1.82) is 0 Å². The predicted molar refractivity (Wildman–Crippen MR) is 110 cm³/mol. The lowest BCUT2D eigenvalue weighted by atomic mass is 10.2. The van der Waals surface area contributed by atoms with Crippen molar-refractivity contribution in [3.05, 3.63) is 69.0 Å². The summed E-state index contributed by atoms with van der Waals surface area (Å²) in [6.07, 6.45) is 0. The third-order valence-electron chi connectivity index (χ3n) is 3.62. The highest BCUT2D eigenvalue weighted by Gasteiger charge is 2.19. The highest BCUT2D eigenvalue weighted by atomic mass is 35.5. The van der Waals surface area contributed by atoms with Crippen LogP contribution < -0.4 is 5.32 Å². The van der Waals surface area contributed by atoms with Crippen LogP contribution in [0.3, 0.4) is 0 Å². The van der Waals surface area contributed by atoms with Crippen LogP contribution in [0.4, 0.5) is 11.4 Å². The first-order chi connectivity index (χ1) is 12.9. The zero-order chi connectivity index (χ0) is 19.4. The van der Waals surface area contributed by atoms with Crippen molar-refractivity contribution in [1.82, 2.24) is 4.98 Å². The van der Waals surface area contributed by atoms with Crippen molar-refractivity contribution in [3.63, 3.8) is 0 Å². The first-order valence-corrected chi connectivity index (χ1v) is 10.00. The fourth-order valence-electron chi connectivity index (χ4n) is 2.21. The van der Waals surface area contributed by atoms with E-state index in [9.17, 15) is 14.9 Å². The maximum Gasteiger partial charge on any atom is 0.271 e. The lowest BCUT2D eigenvalue weighted by Gasteiger charge is -2.11. The van der Waals surface area contributed by atoms with Gasteiger partial charge in [-0.05, 0) is 13.0 Å². The van der Waals surface area contributed by atoms with Crippen LogP contribution in [0.1, 0.15) is 6.92 Å². The fourth-order valence-corrected chi connectivity index (χ4v) is 4.35. The number of nitrogens with one attached hydrogen (secondary N) is 1. The number of benzene rings is 2. The molecule has 1 atom stereocenters. The highest BCUT2D eigenvalue weighted by molar-refractivity contribution is 8.02. The van der Waals surface area contributed by atoms with E-state index >= 15 is 0 Å². The van der Waals surface area contributed by atoms with E-state index in [1.54, 1.807) is 6.92 Å². The van der Waals surface area contributed by atoms with Crippen molar-refractivity contribution >= 4 is 52.0 Å². The molecule has 1 amide bonds. The van der Waals surface area contributed by atoms with Gasteiger partial charge in [-0.1, -0.05) is 53.7 Å². The Kier molecular flexibility index (Phi) is 6.10. The largest absolute Gasteiger partial charge is 0.324 e. The number of non-ortho nitro benzene ring substituents is 1. The zero-order valence-corrected chi connectivity index (χ0v) is 16.5. The van der Waals surface area contributed by atoms with E-state index in [0.29, 0.717) is 0 Å². The minimum absolute atomic E-state index is 0.137. The van der Waals surface area contributed by atoms with Crippen LogP contribution in [-0.4, -0.2) is 21.1 Å². The number of hydrogen-bond acceptors (Lipinski definition) is 6. The molecular formula is C18H14ClN3O3S2. The molecule has 0 aliphatic rings. The van der Waals surface area contributed by atoms with Crippen molar-refractivity contribution < 1.29 is 9.72 Å². The van der Waals surface area contributed by atoms with E-state index in [1.165, 1.54) is 41.3 Å². The number of thioether (sulfide) groups is 1. The third kappa shape index (κ3) is 4.85. The minimum Gasteiger partial charge on any atom is -0.324 e. The SMILES string of the molecule is CC(Sc1nc(-c2ccccc2)cs1)C(=O)Nc1cc([N+](=O)[O-])ccc1Cl. The molecule has 0 bridgehead atoms. The number of halogens is 1. The first-order valence-electron chi connectivity index (χ1n) is 7.86. The number of thiazole rings is 1. The van der Waals surface area contributed by atoms with Crippen LogP contribution >= 0.6 is 34.7 Å². The van der Waals surface area contributed by atoms with Crippen LogP contribution in [0.25, 0.3) is 11.3 Å². The monoisotopic (exact) mass is 419 g/mol. The van der Waals surface area contributed by atoms with Gasteiger partial charge in [-0.3, -0.25) is 14.9 Å². The molecule has 1 unspecified atom stereocenters. The van der Waals surface area contributed by atoms with Gasteiger partial charge in [0.1, 0.15) is 0 Å². The molecule has 0 fully saturated rings. The van der Waals surface area contributed by atoms with Gasteiger partial charge in [0.15, 0.2) is 4.34 Å². The summed E-state index contributed by atoms with van der Waals surface area (Å²) in [5, 5.41) is 15.3. The predicted octanol–water partition coefficient (Wildman–Crippen LogP) is 5.49. The van der Waals surface area contributed by atoms with E-state index < -0.39 is 10.2 Å². The van der Waals surface area contributed by atoms with Gasteiger partial charge in [0.05, 0.1) is 26.6 Å². The van der Waals surface area contributed by atoms with Crippen molar-refractivity contribution in [2.24, 2.45) is 0 Å². The third-order valence-corrected chi connectivity index (χ3v) is 6.02. The van der Waals surface area contributed by atoms with E-state index in [1.807, 2.05) is 35.7 Å². The van der Waals surface area contributed by atoms with Crippen LogP contribution in [0.5, 0.6) is 0 Å². The number of nitrogens with zero attached hydrogens (tertiary/aromatic N) is 2. The zero-order valence-electron chi connectivity index (χ0n) is 14.1. The van der Waals surface area contributed by atoms with Gasteiger partial charge in [0.2, 0.25) is 5.91 Å². The molecule has 0 saturated heterocycles. The molecule has 9 heteroatoms. The van der Waals surface area contributed by atoms with Gasteiger partial charge in [0.25, 0.3) is 5.69 Å². The second-order valence-corrected chi connectivity index (χ2v) is 8.39. The summed E-state index contributed by atoms with van der Waals surface area (Å²) in [7, 11) is 0. The fraction of sp³-hybridized carbons (Fsp3) is 0.111. The second-order valence-electron chi connectivity index (χ2n) is 5.54. The van der Waals surface area contributed by atoms with Gasteiger partial charge in [0, 0.05) is 23.1 Å². The van der Waals surface area contributed by atoms with E-state index in [2.05, 4.69) is 10.3 Å². The lowest BCUT2D eigenvalue weighted by Crippen LogP contribution is -2.22. The number of nitro benzene ring substituents is 1. The lowest BCUT2D eigenvalue weighted by molar-refractivity contribution is -0.384. The van der Waals surface area contributed by atoms with Crippen LogP contribution in [0.15, 0.2) is 58.3 Å². The quantitative estimate of drug-likeness (QED) is 0.324. The minimum atomic E-state index is -0.537. The number of anilines is 1. The molecule has 0 spiro atoms. The molecule has 0 radical (unpaired) electrons. The number of carbonyl (C=O) groups is 1. The molecule has 2 aromatic carbocycles. The standard InChI is InChI=1S/C18H14ClN3O3S2/c1-11(17(23)20-15-9-13(22(24)25)7-8-14(15)19)27-18-21-16(10-26-18)12-5-3-2-4-6-12/h2-11H,1H3,(H,20,23). The number of rotatable bonds is 6. The molecule has 1 aromatic heterocycles. The second kappa shape index (κ2) is 8.51. The average molecular weight is 420 g/mol. The summed E-state index contributed by atoms with van der Waals surface area (Å²) in [5.74, 6) is -0.307. The summed E-state index contributed by atoms with van der Waals surface area (Å²) in [6.45, 7) is 1.74. The molecular weight excluding hydrogens is 406 g/mol. The Morgan fingerprint density at radius 1 is 1.30 bits per heavy atom. The summed E-state index contributed by atoms with van der Waals surface area (Å²) < 4.78 is 0.765. The maximum absolute atomic E-state index is 12.4. The normalized spacial score (nSPS) is 11.8. The van der Waals surface area contributed by atoms with Crippen LogP contribution in [0, 0.1) is 10.1 Å². The Bertz CT molecular complexity index is 979. The van der Waals surface area contributed by atoms with E-state index in [-0.39, 0.29) is 22.3 Å². The summed E-state index contributed by atoms with van der Waals surface area (Å²) in [6, 6.07) is 13.7. The van der Waals surface area contributed by atoms with Crippen LogP contribution in [0.2, 0.25) is 5.02 Å².